The summed E-state index contributed by atoms with van der Waals surface area (Å²) in [5.74, 6) is -0.983. The molecule has 0 radical (unpaired) electrons. The third kappa shape index (κ3) is 2.52. The van der Waals surface area contributed by atoms with Crippen molar-refractivity contribution in [1.82, 2.24) is 9.62 Å². The topological polar surface area (TPSA) is 110 Å². The lowest BCUT2D eigenvalue weighted by Gasteiger charge is -2.13. The number of amides is 2. The maximum atomic E-state index is 12.2. The molecule has 0 aromatic heterocycles. The van der Waals surface area contributed by atoms with Gasteiger partial charge >= 0.3 is 0 Å². The Morgan fingerprint density at radius 2 is 2.00 bits per heavy atom. The van der Waals surface area contributed by atoms with Gasteiger partial charge in [-0.25, -0.2) is 8.42 Å². The highest BCUT2D eigenvalue weighted by atomic mass is 32.2. The van der Waals surface area contributed by atoms with Crippen molar-refractivity contribution in [2.45, 2.75) is 24.3 Å². The zero-order chi connectivity index (χ0) is 15.1. The molecular formula is C12H15N3O4S. The fourth-order valence-electron chi connectivity index (χ4n) is 2.01. The van der Waals surface area contributed by atoms with Crippen molar-refractivity contribution in [3.8, 4) is 0 Å². The van der Waals surface area contributed by atoms with Crippen LogP contribution >= 0.6 is 0 Å². The van der Waals surface area contributed by atoms with Gasteiger partial charge in [-0.1, -0.05) is 6.07 Å². The number of likely N-dealkylation sites (N-methyl/N-ethyl adjacent to an activating group) is 1. The number of anilines is 1. The van der Waals surface area contributed by atoms with Gasteiger partial charge in [-0.2, -0.15) is 4.72 Å². The third-order valence-electron chi connectivity index (χ3n) is 3.13. The predicted molar refractivity (Wildman–Crippen MR) is 72.1 cm³/mol. The van der Waals surface area contributed by atoms with Gasteiger partial charge < -0.3 is 5.73 Å². The molecule has 1 fully saturated rings. The van der Waals surface area contributed by atoms with Crippen LogP contribution in [0.5, 0.6) is 0 Å². The number of hydrogen-bond donors (Lipinski definition) is 2. The van der Waals surface area contributed by atoms with Gasteiger partial charge in [0.2, 0.25) is 21.8 Å². The molecule has 1 saturated heterocycles. The summed E-state index contributed by atoms with van der Waals surface area (Å²) in [5, 5.41) is 0. The largest absolute Gasteiger partial charge is 0.398 e. The molecule has 0 aliphatic carbocycles. The Hall–Kier alpha value is -1.93. The second-order valence-corrected chi connectivity index (χ2v) is 6.39. The van der Waals surface area contributed by atoms with Crippen LogP contribution in [0.1, 0.15) is 12.0 Å². The second kappa shape index (κ2) is 4.88. The number of likely N-dealkylation sites (tertiary alicyclic amines) is 1. The lowest BCUT2D eigenvalue weighted by atomic mass is 10.2. The van der Waals surface area contributed by atoms with Gasteiger partial charge in [0.1, 0.15) is 10.9 Å². The van der Waals surface area contributed by atoms with Gasteiger partial charge in [0.05, 0.1) is 12.1 Å². The summed E-state index contributed by atoms with van der Waals surface area (Å²) in [6.45, 7) is 1.79. The number of imide groups is 1. The number of nitrogens with one attached hydrogen (secondary N) is 1. The van der Waals surface area contributed by atoms with Crippen LogP contribution in [0.3, 0.4) is 0 Å². The van der Waals surface area contributed by atoms with Crippen molar-refractivity contribution in [3.63, 3.8) is 0 Å². The predicted octanol–water partition coefficient (Wildman–Crippen LogP) is -0.387. The summed E-state index contributed by atoms with van der Waals surface area (Å²) < 4.78 is 26.6. The molecule has 1 aliphatic rings. The summed E-state index contributed by atoms with van der Waals surface area (Å²) in [5.41, 5.74) is 6.62. The Morgan fingerprint density at radius 1 is 1.35 bits per heavy atom. The fraction of sp³-hybridized carbons (Fsp3) is 0.333. The molecule has 0 spiro atoms. The molecule has 3 N–H and O–H groups in total. The first-order chi connectivity index (χ1) is 9.22. The minimum Gasteiger partial charge on any atom is -0.398 e. The summed E-state index contributed by atoms with van der Waals surface area (Å²) >= 11 is 0. The Balaban J connectivity index is 2.28. The molecule has 1 unspecified atom stereocenters. The Bertz CT molecular complexity index is 684. The van der Waals surface area contributed by atoms with E-state index in [1.165, 1.54) is 19.2 Å². The number of nitrogen functional groups attached to an aromatic ring is 1. The Labute approximate surface area is 116 Å². The van der Waals surface area contributed by atoms with Crippen LogP contribution in [-0.2, 0) is 19.6 Å². The van der Waals surface area contributed by atoms with E-state index in [2.05, 4.69) is 4.72 Å². The maximum absolute atomic E-state index is 12.2. The van der Waals surface area contributed by atoms with E-state index in [-0.39, 0.29) is 17.0 Å². The molecule has 108 valence electrons. The van der Waals surface area contributed by atoms with Gasteiger partial charge in [-0.15, -0.1) is 0 Å². The van der Waals surface area contributed by atoms with Crippen molar-refractivity contribution in [1.29, 1.82) is 0 Å². The molecule has 1 heterocycles. The lowest BCUT2D eigenvalue weighted by molar-refractivity contribution is -0.137. The molecule has 0 bridgehead atoms. The standard InChI is InChI=1S/C12H15N3O4S/c1-7-3-4-10(8(13)5-7)20(18,19)14-9-6-11(16)15(2)12(9)17/h3-5,9,14H,6,13H2,1-2H3. The van der Waals surface area contributed by atoms with Crippen molar-refractivity contribution in [3.05, 3.63) is 23.8 Å². The highest BCUT2D eigenvalue weighted by molar-refractivity contribution is 7.89. The molecule has 7 nitrogen and oxygen atoms in total. The number of aryl methyl sites for hydroxylation is 1. The summed E-state index contributed by atoms with van der Waals surface area (Å²) in [7, 11) is -2.63. The van der Waals surface area contributed by atoms with Crippen LogP contribution < -0.4 is 10.5 Å². The minimum atomic E-state index is -3.95. The van der Waals surface area contributed by atoms with E-state index < -0.39 is 27.9 Å². The monoisotopic (exact) mass is 297 g/mol. The lowest BCUT2D eigenvalue weighted by Crippen LogP contribution is -2.40. The van der Waals surface area contributed by atoms with E-state index in [1.807, 2.05) is 0 Å². The molecule has 1 aliphatic heterocycles. The van der Waals surface area contributed by atoms with Crippen molar-refractivity contribution in [2.24, 2.45) is 0 Å². The number of rotatable bonds is 3. The zero-order valence-electron chi connectivity index (χ0n) is 11.1. The molecule has 1 aromatic carbocycles. The molecule has 2 rings (SSSR count). The van der Waals surface area contributed by atoms with Crippen LogP contribution in [0.2, 0.25) is 0 Å². The fourth-order valence-corrected chi connectivity index (χ4v) is 3.31. The number of carbonyl (C=O) groups is 2. The van der Waals surface area contributed by atoms with E-state index >= 15 is 0 Å². The molecule has 8 heteroatoms. The third-order valence-corrected chi connectivity index (χ3v) is 4.68. The maximum Gasteiger partial charge on any atom is 0.247 e. The van der Waals surface area contributed by atoms with E-state index in [4.69, 9.17) is 5.73 Å². The quantitative estimate of drug-likeness (QED) is 0.583. The van der Waals surface area contributed by atoms with E-state index in [1.54, 1.807) is 13.0 Å². The van der Waals surface area contributed by atoms with Crippen LogP contribution in [0.15, 0.2) is 23.1 Å². The van der Waals surface area contributed by atoms with Crippen LogP contribution in [0.25, 0.3) is 0 Å². The zero-order valence-corrected chi connectivity index (χ0v) is 11.9. The number of carbonyl (C=O) groups excluding carboxylic acids is 2. The van der Waals surface area contributed by atoms with E-state index in [0.717, 1.165) is 10.5 Å². The number of nitrogens with zero attached hydrogens (tertiary/aromatic N) is 1. The van der Waals surface area contributed by atoms with Crippen molar-refractivity contribution in [2.75, 3.05) is 12.8 Å². The number of nitrogens with two attached hydrogens (primary N) is 1. The summed E-state index contributed by atoms with van der Waals surface area (Å²) in [4.78, 5) is 23.9. The second-order valence-electron chi connectivity index (χ2n) is 4.71. The molecule has 1 atom stereocenters. The van der Waals surface area contributed by atoms with Crippen LogP contribution in [-0.4, -0.2) is 38.2 Å². The molecule has 20 heavy (non-hydrogen) atoms. The van der Waals surface area contributed by atoms with Crippen molar-refractivity contribution < 1.29 is 18.0 Å². The van der Waals surface area contributed by atoms with Gasteiger partial charge in [0.15, 0.2) is 0 Å². The normalized spacial score (nSPS) is 19.7. The van der Waals surface area contributed by atoms with E-state index in [9.17, 15) is 18.0 Å². The summed E-state index contributed by atoms with van der Waals surface area (Å²) in [6, 6.07) is 3.44. The first-order valence-corrected chi connectivity index (χ1v) is 7.39. The van der Waals surface area contributed by atoms with Crippen molar-refractivity contribution >= 4 is 27.5 Å². The average molecular weight is 297 g/mol. The van der Waals surface area contributed by atoms with Gasteiger partial charge in [-0.05, 0) is 24.6 Å². The first kappa shape index (κ1) is 14.5. The van der Waals surface area contributed by atoms with Crippen LogP contribution in [0.4, 0.5) is 5.69 Å². The smallest absolute Gasteiger partial charge is 0.247 e. The number of hydrogen-bond acceptors (Lipinski definition) is 5. The number of sulfonamides is 1. The van der Waals surface area contributed by atoms with Gasteiger partial charge in [-0.3, -0.25) is 14.5 Å². The average Bonchev–Trinajstić information content (AvgIpc) is 2.56. The van der Waals surface area contributed by atoms with Gasteiger partial charge in [0, 0.05) is 7.05 Å². The number of benzene rings is 1. The molecular weight excluding hydrogens is 282 g/mol. The molecule has 1 aromatic rings. The minimum absolute atomic E-state index is 0.0992. The highest BCUT2D eigenvalue weighted by Gasteiger charge is 2.38. The van der Waals surface area contributed by atoms with Gasteiger partial charge in [0.25, 0.3) is 0 Å². The highest BCUT2D eigenvalue weighted by Crippen LogP contribution is 2.21. The van der Waals surface area contributed by atoms with Crippen LogP contribution in [0, 0.1) is 6.92 Å². The van der Waals surface area contributed by atoms with E-state index in [0.29, 0.717) is 0 Å². The molecule has 0 saturated carbocycles. The molecule has 2 amide bonds. The SMILES string of the molecule is Cc1ccc(S(=O)(=O)NC2CC(=O)N(C)C2=O)c(N)c1. The summed E-state index contributed by atoms with van der Waals surface area (Å²) in [6.07, 6.45) is -0.180. The Morgan fingerprint density at radius 3 is 2.50 bits per heavy atom. The Kier molecular flexibility index (Phi) is 3.53. The first-order valence-electron chi connectivity index (χ1n) is 5.91.